The van der Waals surface area contributed by atoms with Crippen molar-refractivity contribution in [3.63, 3.8) is 0 Å². The van der Waals surface area contributed by atoms with Crippen molar-refractivity contribution in [1.82, 2.24) is 10.4 Å². The maximum absolute atomic E-state index is 12.7. The van der Waals surface area contributed by atoms with Crippen LogP contribution in [0.5, 0.6) is 0 Å². The molecule has 0 radical (unpaired) electrons. The number of nitrogens with one attached hydrogen (secondary N) is 1. The Labute approximate surface area is 164 Å². The lowest BCUT2D eigenvalue weighted by atomic mass is 9.81. The number of carbonyl (C=O) groups is 3. The van der Waals surface area contributed by atoms with E-state index in [4.69, 9.17) is 0 Å². The molecule has 2 aliphatic carbocycles. The van der Waals surface area contributed by atoms with Gasteiger partial charge in [-0.05, 0) is 24.3 Å². The molecular formula is C16H13Br2N3O5. The number of hydrogen-bond acceptors (Lipinski definition) is 5. The Bertz CT molecular complexity index is 815. The normalized spacial score (nSPS) is 34.9. The Morgan fingerprint density at radius 2 is 1.73 bits per heavy atom. The third kappa shape index (κ3) is 2.42. The second kappa shape index (κ2) is 6.12. The van der Waals surface area contributed by atoms with Crippen LogP contribution in [-0.2, 0) is 9.59 Å². The van der Waals surface area contributed by atoms with Gasteiger partial charge in [0.1, 0.15) is 0 Å². The Kier molecular flexibility index (Phi) is 4.14. The highest BCUT2D eigenvalue weighted by atomic mass is 79.9. The summed E-state index contributed by atoms with van der Waals surface area (Å²) < 4.78 is 0. The first-order valence-electron chi connectivity index (χ1n) is 8.02. The Morgan fingerprint density at radius 1 is 1.15 bits per heavy atom. The summed E-state index contributed by atoms with van der Waals surface area (Å²) in [5.74, 6) is -2.32. The quantitative estimate of drug-likeness (QED) is 0.304. The average Bonchev–Trinajstić information content (AvgIpc) is 3.22. The summed E-state index contributed by atoms with van der Waals surface area (Å²) in [5.41, 5.74) is 2.10. The van der Waals surface area contributed by atoms with Crippen molar-refractivity contribution in [2.45, 2.75) is 16.1 Å². The molecule has 1 aromatic carbocycles. The topological polar surface area (TPSA) is 110 Å². The van der Waals surface area contributed by atoms with Gasteiger partial charge in [-0.15, -0.1) is 0 Å². The van der Waals surface area contributed by atoms with E-state index >= 15 is 0 Å². The molecule has 3 amide bonds. The van der Waals surface area contributed by atoms with Crippen molar-refractivity contribution in [1.29, 1.82) is 0 Å². The monoisotopic (exact) mass is 485 g/mol. The van der Waals surface area contributed by atoms with E-state index in [0.717, 1.165) is 17.5 Å². The van der Waals surface area contributed by atoms with E-state index in [1.807, 2.05) is 0 Å². The highest BCUT2D eigenvalue weighted by Crippen LogP contribution is 2.59. The molecule has 1 saturated heterocycles. The largest absolute Gasteiger partial charge is 0.272 e. The number of amides is 3. The molecule has 26 heavy (non-hydrogen) atoms. The Morgan fingerprint density at radius 3 is 2.27 bits per heavy atom. The molecule has 2 saturated carbocycles. The molecular weight excluding hydrogens is 474 g/mol. The standard InChI is InChI=1S/C16H13Br2N3O5/c17-12-8-5-9(13(12)18)11-10(8)15(23)20(16(11)24)19-14(22)6-2-1-3-7(4-6)21(25)26/h1-4,8-13H,5H2,(H,19,22)/t8-,9-,10-,11+,12-,13+/m1/s1. The number of rotatable bonds is 3. The van der Waals surface area contributed by atoms with E-state index in [1.165, 1.54) is 18.2 Å². The minimum Gasteiger partial charge on any atom is -0.272 e. The minimum absolute atomic E-state index is 0.0107. The molecule has 136 valence electrons. The number of nitrogens with zero attached hydrogens (tertiary/aromatic N) is 2. The third-order valence-corrected chi connectivity index (χ3v) is 8.73. The molecule has 0 unspecified atom stereocenters. The van der Waals surface area contributed by atoms with Gasteiger partial charge in [0.2, 0.25) is 0 Å². The van der Waals surface area contributed by atoms with Crippen molar-refractivity contribution in [2.24, 2.45) is 23.7 Å². The van der Waals surface area contributed by atoms with Gasteiger partial charge in [-0.25, -0.2) is 0 Å². The van der Waals surface area contributed by atoms with Crippen LogP contribution in [0.2, 0.25) is 0 Å². The fourth-order valence-electron chi connectivity index (χ4n) is 4.39. The van der Waals surface area contributed by atoms with Gasteiger partial charge in [-0.1, -0.05) is 37.9 Å². The zero-order chi connectivity index (χ0) is 18.7. The number of benzene rings is 1. The van der Waals surface area contributed by atoms with Crippen LogP contribution < -0.4 is 5.43 Å². The minimum atomic E-state index is -0.728. The number of imide groups is 1. The summed E-state index contributed by atoms with van der Waals surface area (Å²) in [6.07, 6.45) is 0.797. The number of carbonyl (C=O) groups excluding carboxylic acids is 3. The predicted octanol–water partition coefficient (Wildman–Crippen LogP) is 2.02. The SMILES string of the molecule is O=C(NN1C(=O)[C@@H]2[C@H]3C[C@@H]([C@H](Br)[C@@H]3Br)[C@@H]2C1=O)c1cccc([N+](=O)[O-])c1. The van der Waals surface area contributed by atoms with Crippen molar-refractivity contribution in [3.8, 4) is 0 Å². The maximum Gasteiger partial charge on any atom is 0.270 e. The molecule has 8 nitrogen and oxygen atoms in total. The predicted molar refractivity (Wildman–Crippen MR) is 96.4 cm³/mol. The summed E-state index contributed by atoms with van der Waals surface area (Å²) in [6, 6.07) is 5.13. The fourth-order valence-corrected chi connectivity index (χ4v) is 6.26. The van der Waals surface area contributed by atoms with Crippen molar-refractivity contribution >= 4 is 55.3 Å². The molecule has 10 heteroatoms. The summed E-state index contributed by atoms with van der Waals surface area (Å²) in [4.78, 5) is 48.3. The van der Waals surface area contributed by atoms with Gasteiger partial charge in [-0.3, -0.25) is 29.9 Å². The molecule has 1 N–H and O–H groups in total. The van der Waals surface area contributed by atoms with Gasteiger partial charge >= 0.3 is 0 Å². The highest BCUT2D eigenvalue weighted by Gasteiger charge is 2.66. The number of hydrazine groups is 1. The van der Waals surface area contributed by atoms with Crippen LogP contribution in [0.25, 0.3) is 0 Å². The smallest absolute Gasteiger partial charge is 0.270 e. The van der Waals surface area contributed by atoms with Crippen LogP contribution in [-0.4, -0.2) is 37.3 Å². The lowest BCUT2D eigenvalue weighted by Crippen LogP contribution is -2.47. The number of nitro groups is 1. The van der Waals surface area contributed by atoms with Gasteiger partial charge in [0.15, 0.2) is 0 Å². The Balaban J connectivity index is 1.56. The summed E-state index contributed by atoms with van der Waals surface area (Å²) in [6.45, 7) is 0. The van der Waals surface area contributed by atoms with Crippen LogP contribution in [0, 0.1) is 33.8 Å². The Hall–Kier alpha value is -1.81. The third-order valence-electron chi connectivity index (χ3n) is 5.52. The first kappa shape index (κ1) is 17.6. The van der Waals surface area contributed by atoms with Crippen molar-refractivity contribution in [2.75, 3.05) is 0 Å². The molecule has 1 heterocycles. The second-order valence-corrected chi connectivity index (χ2v) is 8.88. The number of halogens is 2. The number of hydrogen-bond donors (Lipinski definition) is 1. The first-order valence-corrected chi connectivity index (χ1v) is 9.85. The molecule has 6 atom stereocenters. The number of nitro benzene ring substituents is 1. The highest BCUT2D eigenvalue weighted by molar-refractivity contribution is 9.12. The van der Waals surface area contributed by atoms with Crippen LogP contribution in [0.4, 0.5) is 5.69 Å². The molecule has 0 aromatic heterocycles. The van der Waals surface area contributed by atoms with Crippen LogP contribution in [0.1, 0.15) is 16.8 Å². The van der Waals surface area contributed by atoms with E-state index < -0.39 is 34.5 Å². The van der Waals surface area contributed by atoms with Gasteiger partial charge < -0.3 is 0 Å². The van der Waals surface area contributed by atoms with E-state index in [0.29, 0.717) is 0 Å². The molecule has 0 spiro atoms. The van der Waals surface area contributed by atoms with E-state index in [-0.39, 0.29) is 32.7 Å². The summed E-state index contributed by atoms with van der Waals surface area (Å²) >= 11 is 7.19. The van der Waals surface area contributed by atoms with E-state index in [1.54, 1.807) is 0 Å². The summed E-state index contributed by atoms with van der Waals surface area (Å²) in [5, 5.41) is 11.6. The summed E-state index contributed by atoms with van der Waals surface area (Å²) in [7, 11) is 0. The number of fused-ring (bicyclic) bond motifs is 5. The van der Waals surface area contributed by atoms with E-state index in [2.05, 4.69) is 37.3 Å². The second-order valence-electron chi connectivity index (χ2n) is 6.76. The molecule has 1 aromatic rings. The number of alkyl halides is 2. The molecule has 1 aliphatic heterocycles. The molecule has 4 rings (SSSR count). The van der Waals surface area contributed by atoms with Gasteiger partial charge in [-0.2, -0.15) is 5.01 Å². The maximum atomic E-state index is 12.7. The van der Waals surface area contributed by atoms with Crippen molar-refractivity contribution in [3.05, 3.63) is 39.9 Å². The lowest BCUT2D eigenvalue weighted by Gasteiger charge is -2.28. The van der Waals surface area contributed by atoms with Crippen molar-refractivity contribution < 1.29 is 19.3 Å². The van der Waals surface area contributed by atoms with Crippen LogP contribution in [0.15, 0.2) is 24.3 Å². The van der Waals surface area contributed by atoms with Gasteiger partial charge in [0.05, 0.1) is 16.8 Å². The molecule has 3 fully saturated rings. The van der Waals surface area contributed by atoms with Gasteiger partial charge in [0, 0.05) is 27.4 Å². The van der Waals surface area contributed by atoms with E-state index in [9.17, 15) is 24.5 Å². The fraction of sp³-hybridized carbons (Fsp3) is 0.438. The lowest BCUT2D eigenvalue weighted by molar-refractivity contribution is -0.384. The zero-order valence-corrected chi connectivity index (χ0v) is 16.3. The van der Waals surface area contributed by atoms with Crippen LogP contribution in [0.3, 0.4) is 0 Å². The van der Waals surface area contributed by atoms with Gasteiger partial charge in [0.25, 0.3) is 23.4 Å². The molecule has 2 bridgehead atoms. The first-order chi connectivity index (χ1) is 12.3. The number of non-ortho nitro benzene ring substituents is 1. The molecule has 3 aliphatic rings. The zero-order valence-electron chi connectivity index (χ0n) is 13.2. The van der Waals surface area contributed by atoms with Crippen LogP contribution >= 0.6 is 31.9 Å². The average molecular weight is 487 g/mol.